The molecule has 0 unspecified atom stereocenters. The van der Waals surface area contributed by atoms with Crippen LogP contribution >= 0.6 is 0 Å². The first-order valence-electron chi connectivity index (χ1n) is 5.27. The standard InChI is InChI=1S/C10H18O4/c11-5-6-13-7-8-14-10(3-4-10)9(12)1-2-9/h11-12H,1-8H2. The monoisotopic (exact) mass is 202 g/mol. The number of hydrogen-bond donors (Lipinski definition) is 2. The highest BCUT2D eigenvalue weighted by molar-refractivity contribution is 5.18. The summed E-state index contributed by atoms with van der Waals surface area (Å²) in [4.78, 5) is 0. The van der Waals surface area contributed by atoms with Crippen molar-refractivity contribution in [1.29, 1.82) is 0 Å². The Morgan fingerprint density at radius 2 is 1.71 bits per heavy atom. The van der Waals surface area contributed by atoms with Gasteiger partial charge in [0.15, 0.2) is 0 Å². The second-order valence-electron chi connectivity index (χ2n) is 4.21. The minimum absolute atomic E-state index is 0.0507. The van der Waals surface area contributed by atoms with Crippen molar-refractivity contribution >= 4 is 0 Å². The smallest absolute Gasteiger partial charge is 0.0971 e. The maximum atomic E-state index is 9.92. The van der Waals surface area contributed by atoms with E-state index in [0.717, 1.165) is 25.7 Å². The summed E-state index contributed by atoms with van der Waals surface area (Å²) < 4.78 is 10.7. The molecule has 2 saturated carbocycles. The van der Waals surface area contributed by atoms with Gasteiger partial charge in [0.2, 0.25) is 0 Å². The van der Waals surface area contributed by atoms with Crippen molar-refractivity contribution in [2.24, 2.45) is 0 Å². The predicted molar refractivity (Wildman–Crippen MR) is 50.0 cm³/mol. The topological polar surface area (TPSA) is 58.9 Å². The minimum atomic E-state index is -0.524. The van der Waals surface area contributed by atoms with Gasteiger partial charge in [-0.05, 0) is 25.7 Å². The molecule has 0 heterocycles. The normalized spacial score (nSPS) is 26.1. The highest BCUT2D eigenvalue weighted by atomic mass is 16.6. The van der Waals surface area contributed by atoms with Gasteiger partial charge in [0, 0.05) is 0 Å². The molecule has 0 spiro atoms. The van der Waals surface area contributed by atoms with Crippen molar-refractivity contribution < 1.29 is 19.7 Å². The van der Waals surface area contributed by atoms with Gasteiger partial charge in [0.05, 0.1) is 37.6 Å². The molecule has 14 heavy (non-hydrogen) atoms. The lowest BCUT2D eigenvalue weighted by Crippen LogP contribution is -2.34. The van der Waals surface area contributed by atoms with Crippen LogP contribution in [0.1, 0.15) is 25.7 Å². The van der Waals surface area contributed by atoms with Gasteiger partial charge in [-0.1, -0.05) is 0 Å². The Kier molecular flexibility index (Phi) is 2.79. The van der Waals surface area contributed by atoms with E-state index in [1.54, 1.807) is 0 Å². The van der Waals surface area contributed by atoms with Crippen LogP contribution in [-0.2, 0) is 9.47 Å². The molecule has 0 aromatic heterocycles. The molecule has 2 aliphatic carbocycles. The van der Waals surface area contributed by atoms with Crippen molar-refractivity contribution in [3.05, 3.63) is 0 Å². The molecule has 0 bridgehead atoms. The summed E-state index contributed by atoms with van der Waals surface area (Å²) in [5.41, 5.74) is -0.764. The lowest BCUT2D eigenvalue weighted by Gasteiger charge is -2.22. The zero-order valence-electron chi connectivity index (χ0n) is 8.37. The molecule has 2 aliphatic rings. The fourth-order valence-electron chi connectivity index (χ4n) is 1.89. The number of aliphatic hydroxyl groups is 2. The molecule has 2 N–H and O–H groups in total. The van der Waals surface area contributed by atoms with Crippen LogP contribution in [0.5, 0.6) is 0 Å². The first-order chi connectivity index (χ1) is 6.72. The Hall–Kier alpha value is -0.160. The van der Waals surface area contributed by atoms with Crippen molar-refractivity contribution in [1.82, 2.24) is 0 Å². The Balaban J connectivity index is 1.61. The van der Waals surface area contributed by atoms with Gasteiger partial charge in [-0.2, -0.15) is 0 Å². The van der Waals surface area contributed by atoms with Gasteiger partial charge in [-0.3, -0.25) is 0 Å². The molecular weight excluding hydrogens is 184 g/mol. The Labute approximate surface area is 83.8 Å². The van der Waals surface area contributed by atoms with Crippen LogP contribution in [0.15, 0.2) is 0 Å². The number of aliphatic hydroxyl groups excluding tert-OH is 1. The van der Waals surface area contributed by atoms with Crippen molar-refractivity contribution in [3.8, 4) is 0 Å². The summed E-state index contributed by atoms with van der Waals surface area (Å²) in [5, 5.41) is 18.4. The third-order valence-electron chi connectivity index (χ3n) is 3.12. The number of ether oxygens (including phenoxy) is 2. The van der Waals surface area contributed by atoms with Crippen LogP contribution in [0.2, 0.25) is 0 Å². The maximum Gasteiger partial charge on any atom is 0.0971 e. The summed E-state index contributed by atoms with van der Waals surface area (Å²) in [6, 6.07) is 0. The first-order valence-corrected chi connectivity index (χ1v) is 5.27. The van der Waals surface area contributed by atoms with Crippen LogP contribution in [0, 0.1) is 0 Å². The Morgan fingerprint density at radius 1 is 1.00 bits per heavy atom. The van der Waals surface area contributed by atoms with Gasteiger partial charge < -0.3 is 19.7 Å². The molecule has 0 aliphatic heterocycles. The molecule has 82 valence electrons. The lowest BCUT2D eigenvalue weighted by atomic mass is 10.1. The summed E-state index contributed by atoms with van der Waals surface area (Å²) in [6.45, 7) is 1.43. The SMILES string of the molecule is OCCOCCOC1(C2(O)CC2)CC1. The summed E-state index contributed by atoms with van der Waals surface area (Å²) in [7, 11) is 0. The van der Waals surface area contributed by atoms with E-state index in [4.69, 9.17) is 14.6 Å². The molecule has 0 amide bonds. The van der Waals surface area contributed by atoms with Crippen molar-refractivity contribution in [2.75, 3.05) is 26.4 Å². The molecule has 0 saturated heterocycles. The Bertz CT molecular complexity index is 196. The quantitative estimate of drug-likeness (QED) is 0.574. The molecular formula is C10H18O4. The molecule has 2 rings (SSSR count). The highest BCUT2D eigenvalue weighted by Crippen LogP contribution is 2.59. The molecule has 0 radical (unpaired) electrons. The second kappa shape index (κ2) is 3.77. The summed E-state index contributed by atoms with van der Waals surface area (Å²) in [5.74, 6) is 0. The zero-order valence-corrected chi connectivity index (χ0v) is 8.37. The second-order valence-corrected chi connectivity index (χ2v) is 4.21. The van der Waals surface area contributed by atoms with E-state index < -0.39 is 5.60 Å². The maximum absolute atomic E-state index is 9.92. The van der Waals surface area contributed by atoms with E-state index in [9.17, 15) is 5.11 Å². The van der Waals surface area contributed by atoms with E-state index >= 15 is 0 Å². The van der Waals surface area contributed by atoms with Crippen LogP contribution < -0.4 is 0 Å². The molecule has 2 fully saturated rings. The molecule has 4 nitrogen and oxygen atoms in total. The third kappa shape index (κ3) is 1.93. The van der Waals surface area contributed by atoms with Crippen LogP contribution in [0.3, 0.4) is 0 Å². The van der Waals surface area contributed by atoms with Gasteiger partial charge >= 0.3 is 0 Å². The fourth-order valence-corrected chi connectivity index (χ4v) is 1.89. The average molecular weight is 202 g/mol. The molecule has 0 atom stereocenters. The first kappa shape index (κ1) is 10.4. The van der Waals surface area contributed by atoms with Gasteiger partial charge in [0.1, 0.15) is 0 Å². The van der Waals surface area contributed by atoms with Gasteiger partial charge in [0.25, 0.3) is 0 Å². The largest absolute Gasteiger partial charge is 0.394 e. The predicted octanol–water partition coefficient (Wildman–Crippen LogP) is 0.0694. The minimum Gasteiger partial charge on any atom is -0.394 e. The number of hydrogen-bond acceptors (Lipinski definition) is 4. The van der Waals surface area contributed by atoms with E-state index in [1.165, 1.54) is 0 Å². The number of rotatable bonds is 7. The van der Waals surface area contributed by atoms with Gasteiger partial charge in [-0.15, -0.1) is 0 Å². The van der Waals surface area contributed by atoms with E-state index in [0.29, 0.717) is 19.8 Å². The third-order valence-corrected chi connectivity index (χ3v) is 3.12. The molecule has 0 aromatic carbocycles. The van der Waals surface area contributed by atoms with Crippen LogP contribution in [0.4, 0.5) is 0 Å². The van der Waals surface area contributed by atoms with E-state index in [1.807, 2.05) is 0 Å². The summed E-state index contributed by atoms with van der Waals surface area (Å²) >= 11 is 0. The average Bonchev–Trinajstić information content (AvgIpc) is 3.03. The summed E-state index contributed by atoms with van der Waals surface area (Å²) in [6.07, 6.45) is 3.71. The molecule has 0 aromatic rings. The lowest BCUT2D eigenvalue weighted by molar-refractivity contribution is -0.0877. The fraction of sp³-hybridized carbons (Fsp3) is 1.00. The Morgan fingerprint density at radius 3 is 2.21 bits per heavy atom. The van der Waals surface area contributed by atoms with Crippen molar-refractivity contribution in [2.45, 2.75) is 36.9 Å². The zero-order chi connectivity index (χ0) is 10.1. The van der Waals surface area contributed by atoms with Crippen LogP contribution in [0.25, 0.3) is 0 Å². The van der Waals surface area contributed by atoms with E-state index in [2.05, 4.69) is 0 Å². The van der Waals surface area contributed by atoms with Crippen LogP contribution in [-0.4, -0.2) is 47.8 Å². The van der Waals surface area contributed by atoms with Crippen molar-refractivity contribution in [3.63, 3.8) is 0 Å². The van der Waals surface area contributed by atoms with E-state index in [-0.39, 0.29) is 12.2 Å². The van der Waals surface area contributed by atoms with Gasteiger partial charge in [-0.25, -0.2) is 0 Å². The highest BCUT2D eigenvalue weighted by Gasteiger charge is 2.66. The molecule has 4 heteroatoms.